The molecule has 2 rings (SSSR count). The van der Waals surface area contributed by atoms with E-state index >= 15 is 0 Å². The lowest BCUT2D eigenvalue weighted by Gasteiger charge is -2.20. The highest BCUT2D eigenvalue weighted by Crippen LogP contribution is 2.22. The summed E-state index contributed by atoms with van der Waals surface area (Å²) in [7, 11) is 1.56. The van der Waals surface area contributed by atoms with Crippen molar-refractivity contribution in [2.75, 3.05) is 7.11 Å². The number of hydrogen-bond acceptors (Lipinski definition) is 4. The van der Waals surface area contributed by atoms with Crippen LogP contribution in [0.4, 0.5) is 4.79 Å². The van der Waals surface area contributed by atoms with E-state index in [-0.39, 0.29) is 0 Å². The molecule has 0 saturated carbocycles. The number of hydrogen-bond donors (Lipinski definition) is 0. The third-order valence-corrected chi connectivity index (χ3v) is 2.58. The summed E-state index contributed by atoms with van der Waals surface area (Å²) in [6.07, 6.45) is 2.93. The quantitative estimate of drug-likeness (QED) is 0.842. The zero-order valence-electron chi connectivity index (χ0n) is 12.1. The first-order valence-corrected chi connectivity index (χ1v) is 6.32. The number of carbonyl (C=O) groups is 1. The lowest BCUT2D eigenvalue weighted by Crippen LogP contribution is -2.27. The van der Waals surface area contributed by atoms with E-state index in [2.05, 4.69) is 4.98 Å². The summed E-state index contributed by atoms with van der Waals surface area (Å²) in [5.74, 6) is 0.532. The molecule has 0 atom stereocenters. The zero-order valence-corrected chi connectivity index (χ0v) is 12.1. The number of rotatable bonds is 2. The van der Waals surface area contributed by atoms with Crippen molar-refractivity contribution in [3.05, 3.63) is 36.7 Å². The van der Waals surface area contributed by atoms with Gasteiger partial charge in [0.2, 0.25) is 5.88 Å². The molecule has 0 spiro atoms. The van der Waals surface area contributed by atoms with Gasteiger partial charge in [-0.2, -0.15) is 0 Å². The molecule has 0 aliphatic heterocycles. The largest absolute Gasteiger partial charge is 0.481 e. The highest BCUT2D eigenvalue weighted by atomic mass is 16.6. The van der Waals surface area contributed by atoms with Gasteiger partial charge in [0.15, 0.2) is 0 Å². The Hall–Kier alpha value is -2.30. The van der Waals surface area contributed by atoms with Crippen LogP contribution in [0.25, 0.3) is 11.3 Å². The first kappa shape index (κ1) is 14.1. The van der Waals surface area contributed by atoms with E-state index in [4.69, 9.17) is 9.47 Å². The molecular weight excluding hydrogens is 256 g/mol. The van der Waals surface area contributed by atoms with Crippen LogP contribution < -0.4 is 4.74 Å². The highest BCUT2D eigenvalue weighted by Gasteiger charge is 2.19. The molecule has 5 heteroatoms. The monoisotopic (exact) mass is 274 g/mol. The molecule has 0 aliphatic carbocycles. The third kappa shape index (κ3) is 3.17. The summed E-state index contributed by atoms with van der Waals surface area (Å²) in [6.45, 7) is 5.51. The summed E-state index contributed by atoms with van der Waals surface area (Å²) in [5.41, 5.74) is 1.02. The SMILES string of the molecule is COc1ccc(-c2cccn2C(=O)OC(C)(C)C)cn1. The Kier molecular flexibility index (Phi) is 3.79. The topological polar surface area (TPSA) is 53.4 Å². The van der Waals surface area contributed by atoms with Crippen molar-refractivity contribution in [2.24, 2.45) is 0 Å². The molecule has 20 heavy (non-hydrogen) atoms. The molecule has 0 radical (unpaired) electrons. The van der Waals surface area contributed by atoms with Gasteiger partial charge in [-0.1, -0.05) is 0 Å². The van der Waals surface area contributed by atoms with Crippen molar-refractivity contribution in [3.8, 4) is 17.1 Å². The van der Waals surface area contributed by atoms with Gasteiger partial charge in [0.05, 0.1) is 12.8 Å². The van der Waals surface area contributed by atoms with Crippen molar-refractivity contribution < 1.29 is 14.3 Å². The van der Waals surface area contributed by atoms with Crippen molar-refractivity contribution in [3.63, 3.8) is 0 Å². The molecule has 5 nitrogen and oxygen atoms in total. The van der Waals surface area contributed by atoms with Crippen LogP contribution in [0.2, 0.25) is 0 Å². The Morgan fingerprint density at radius 1 is 1.25 bits per heavy atom. The van der Waals surface area contributed by atoms with Gasteiger partial charge in [-0.05, 0) is 39.0 Å². The van der Waals surface area contributed by atoms with Crippen molar-refractivity contribution in [1.82, 2.24) is 9.55 Å². The molecular formula is C15H18N2O3. The molecule has 0 aromatic carbocycles. The third-order valence-electron chi connectivity index (χ3n) is 2.58. The van der Waals surface area contributed by atoms with Gasteiger partial charge in [0.25, 0.3) is 0 Å². The summed E-state index contributed by atoms with van der Waals surface area (Å²) in [6, 6.07) is 7.24. The fourth-order valence-corrected chi connectivity index (χ4v) is 1.74. The lowest BCUT2D eigenvalue weighted by molar-refractivity contribution is 0.0540. The maximum atomic E-state index is 12.1. The van der Waals surface area contributed by atoms with Crippen LogP contribution in [0.1, 0.15) is 20.8 Å². The van der Waals surface area contributed by atoms with E-state index in [1.807, 2.05) is 32.9 Å². The second-order valence-corrected chi connectivity index (χ2v) is 5.33. The first-order valence-electron chi connectivity index (χ1n) is 6.32. The molecule has 106 valence electrons. The fourth-order valence-electron chi connectivity index (χ4n) is 1.74. The Morgan fingerprint density at radius 2 is 2.00 bits per heavy atom. The second-order valence-electron chi connectivity index (χ2n) is 5.33. The van der Waals surface area contributed by atoms with Crippen LogP contribution in [0.3, 0.4) is 0 Å². The minimum Gasteiger partial charge on any atom is -0.481 e. The molecule has 2 aromatic rings. The summed E-state index contributed by atoms with van der Waals surface area (Å²) in [5, 5.41) is 0. The molecule has 0 aliphatic rings. The number of methoxy groups -OCH3 is 1. The number of nitrogens with zero attached hydrogens (tertiary/aromatic N) is 2. The maximum absolute atomic E-state index is 12.1. The summed E-state index contributed by atoms with van der Waals surface area (Å²) in [4.78, 5) is 16.3. The number of pyridine rings is 1. The number of carbonyl (C=O) groups excluding carboxylic acids is 1. The molecule has 2 heterocycles. The Labute approximate surface area is 118 Å². The minimum atomic E-state index is -0.531. The van der Waals surface area contributed by atoms with E-state index in [1.54, 1.807) is 31.6 Å². The van der Waals surface area contributed by atoms with Gasteiger partial charge in [0.1, 0.15) is 5.60 Å². The Balaban J connectivity index is 2.30. The standard InChI is InChI=1S/C15H18N2O3/c1-15(2,3)20-14(18)17-9-5-6-12(17)11-7-8-13(19-4)16-10-11/h5-10H,1-4H3. The van der Waals surface area contributed by atoms with Crippen LogP contribution >= 0.6 is 0 Å². The van der Waals surface area contributed by atoms with Gasteiger partial charge in [0, 0.05) is 24.0 Å². The molecule has 0 fully saturated rings. The Bertz CT molecular complexity index is 594. The van der Waals surface area contributed by atoms with Gasteiger partial charge < -0.3 is 9.47 Å². The molecule has 0 amide bonds. The smallest absolute Gasteiger partial charge is 0.418 e. The molecule has 0 unspecified atom stereocenters. The van der Waals surface area contributed by atoms with Gasteiger partial charge in [-0.15, -0.1) is 0 Å². The summed E-state index contributed by atoms with van der Waals surface area (Å²) >= 11 is 0. The van der Waals surface area contributed by atoms with Crippen molar-refractivity contribution in [1.29, 1.82) is 0 Å². The molecule has 2 aromatic heterocycles. The summed E-state index contributed by atoms with van der Waals surface area (Å²) < 4.78 is 11.9. The van der Waals surface area contributed by atoms with Gasteiger partial charge in [-0.3, -0.25) is 4.57 Å². The predicted octanol–water partition coefficient (Wildman–Crippen LogP) is 3.34. The van der Waals surface area contributed by atoms with Gasteiger partial charge in [-0.25, -0.2) is 9.78 Å². The minimum absolute atomic E-state index is 0.409. The lowest BCUT2D eigenvalue weighted by atomic mass is 10.2. The van der Waals surface area contributed by atoms with Crippen LogP contribution in [-0.4, -0.2) is 28.4 Å². The molecule has 0 N–H and O–H groups in total. The fraction of sp³-hybridized carbons (Fsp3) is 0.333. The second kappa shape index (κ2) is 5.36. The average Bonchev–Trinajstić information content (AvgIpc) is 2.86. The maximum Gasteiger partial charge on any atom is 0.418 e. The van der Waals surface area contributed by atoms with Gasteiger partial charge >= 0.3 is 6.09 Å². The number of ether oxygens (including phenoxy) is 2. The molecule has 0 saturated heterocycles. The van der Waals surface area contributed by atoms with E-state index in [9.17, 15) is 4.79 Å². The highest BCUT2D eigenvalue weighted by molar-refractivity contribution is 5.78. The zero-order chi connectivity index (χ0) is 14.8. The number of aromatic nitrogens is 2. The van der Waals surface area contributed by atoms with E-state index in [0.29, 0.717) is 5.88 Å². The first-order chi connectivity index (χ1) is 9.40. The molecule has 0 bridgehead atoms. The van der Waals surface area contributed by atoms with Crippen LogP contribution in [0, 0.1) is 0 Å². The van der Waals surface area contributed by atoms with E-state index in [1.165, 1.54) is 4.57 Å². The van der Waals surface area contributed by atoms with Crippen LogP contribution in [-0.2, 0) is 4.74 Å². The normalized spacial score (nSPS) is 11.2. The predicted molar refractivity (Wildman–Crippen MR) is 75.8 cm³/mol. The van der Waals surface area contributed by atoms with Crippen molar-refractivity contribution in [2.45, 2.75) is 26.4 Å². The average molecular weight is 274 g/mol. The van der Waals surface area contributed by atoms with Crippen LogP contribution in [0.5, 0.6) is 5.88 Å². The van der Waals surface area contributed by atoms with Crippen molar-refractivity contribution >= 4 is 6.09 Å². The Morgan fingerprint density at radius 3 is 2.55 bits per heavy atom. The van der Waals surface area contributed by atoms with E-state index < -0.39 is 11.7 Å². The van der Waals surface area contributed by atoms with E-state index in [0.717, 1.165) is 11.3 Å². The van der Waals surface area contributed by atoms with Crippen LogP contribution in [0.15, 0.2) is 36.7 Å².